The zero-order valence-electron chi connectivity index (χ0n) is 24.7. The van der Waals surface area contributed by atoms with E-state index in [9.17, 15) is 9.59 Å². The van der Waals surface area contributed by atoms with Crippen LogP contribution in [-0.4, -0.2) is 54.0 Å². The van der Waals surface area contributed by atoms with Gasteiger partial charge in [-0.1, -0.05) is 44.2 Å². The first-order chi connectivity index (χ1) is 20.2. The van der Waals surface area contributed by atoms with Gasteiger partial charge in [0.1, 0.15) is 33.4 Å². The maximum atomic E-state index is 13.6. The van der Waals surface area contributed by atoms with Crippen molar-refractivity contribution in [1.29, 1.82) is 0 Å². The van der Waals surface area contributed by atoms with Crippen LogP contribution in [0.2, 0.25) is 0 Å². The van der Waals surface area contributed by atoms with Crippen LogP contribution in [0.4, 0.5) is 0 Å². The number of benzene rings is 1. The molecule has 8 nitrogen and oxygen atoms in total. The van der Waals surface area contributed by atoms with Gasteiger partial charge in [0.05, 0.1) is 25.7 Å². The van der Waals surface area contributed by atoms with E-state index in [-0.39, 0.29) is 24.5 Å². The van der Waals surface area contributed by atoms with E-state index >= 15 is 0 Å². The predicted molar refractivity (Wildman–Crippen MR) is 168 cm³/mol. The van der Waals surface area contributed by atoms with Crippen molar-refractivity contribution in [2.45, 2.75) is 70.9 Å². The van der Waals surface area contributed by atoms with Crippen LogP contribution in [0.5, 0.6) is 11.5 Å². The highest BCUT2D eigenvalue weighted by atomic mass is 32.2. The molecule has 2 bridgehead atoms. The third kappa shape index (κ3) is 6.71. The number of ether oxygens (including phenoxy) is 3. The summed E-state index contributed by atoms with van der Waals surface area (Å²) in [6.07, 6.45) is 8.22. The molecule has 1 aliphatic heterocycles. The Hall–Kier alpha value is -2.82. The number of nitrogens with two attached hydrogens (primary N) is 1. The molecular weight excluding hydrogens is 572 g/mol. The molecule has 42 heavy (non-hydrogen) atoms. The number of carbonyl (C=O) groups excluding carboxylic acids is 2. The molecule has 1 saturated heterocycles. The van der Waals surface area contributed by atoms with Gasteiger partial charge >= 0.3 is 5.97 Å². The summed E-state index contributed by atoms with van der Waals surface area (Å²) in [5.74, 6) is 3.62. The molecule has 5 rings (SSSR count). The summed E-state index contributed by atoms with van der Waals surface area (Å²) in [4.78, 5) is 28.3. The number of rotatable bonds is 12. The molecule has 2 saturated carbocycles. The van der Waals surface area contributed by atoms with Gasteiger partial charge < -0.3 is 24.4 Å². The summed E-state index contributed by atoms with van der Waals surface area (Å²) in [5.41, 5.74) is 7.66. The first-order valence-electron chi connectivity index (χ1n) is 14.7. The fourth-order valence-electron chi connectivity index (χ4n) is 6.41. The van der Waals surface area contributed by atoms with Gasteiger partial charge in [-0.25, -0.2) is 0 Å². The SMILES string of the molecule is COc1cc(OC)cc(-c2cc(CCCOC(=O)[C@@H](N)CC(C)C)c(/C=C3\SC(=S)N(C4CC5CCC4C5)C3=O)o2)c1. The average molecular weight is 613 g/mol. The van der Waals surface area contributed by atoms with Gasteiger partial charge in [0.25, 0.3) is 5.91 Å². The molecule has 4 atom stereocenters. The molecule has 2 aromatic rings. The van der Waals surface area contributed by atoms with E-state index in [0.29, 0.717) is 69.3 Å². The lowest BCUT2D eigenvalue weighted by molar-refractivity contribution is -0.145. The molecule has 1 aromatic carbocycles. The predicted octanol–water partition coefficient (Wildman–Crippen LogP) is 6.20. The maximum Gasteiger partial charge on any atom is 0.322 e. The van der Waals surface area contributed by atoms with Crippen molar-refractivity contribution in [1.82, 2.24) is 4.90 Å². The number of thioether (sulfide) groups is 1. The van der Waals surface area contributed by atoms with Crippen LogP contribution in [-0.2, 0) is 20.7 Å². The first kappa shape index (κ1) is 30.6. The molecule has 3 fully saturated rings. The van der Waals surface area contributed by atoms with Crippen molar-refractivity contribution >= 4 is 46.3 Å². The number of fused-ring (bicyclic) bond motifs is 2. The van der Waals surface area contributed by atoms with Crippen LogP contribution in [0.1, 0.15) is 63.7 Å². The van der Waals surface area contributed by atoms with E-state index in [1.807, 2.05) is 43.0 Å². The van der Waals surface area contributed by atoms with Gasteiger partial charge in [0.2, 0.25) is 0 Å². The smallest absolute Gasteiger partial charge is 0.322 e. The second-order valence-electron chi connectivity index (χ2n) is 11.9. The first-order valence-corrected chi connectivity index (χ1v) is 15.9. The molecule has 1 aromatic heterocycles. The lowest BCUT2D eigenvalue weighted by Gasteiger charge is -2.30. The lowest BCUT2D eigenvalue weighted by Crippen LogP contribution is -2.41. The summed E-state index contributed by atoms with van der Waals surface area (Å²) in [5, 5.41) is 0. The van der Waals surface area contributed by atoms with Crippen molar-refractivity contribution in [3.05, 3.63) is 40.5 Å². The third-order valence-corrected chi connectivity index (χ3v) is 9.79. The van der Waals surface area contributed by atoms with Crippen LogP contribution < -0.4 is 15.2 Å². The highest BCUT2D eigenvalue weighted by Crippen LogP contribution is 2.49. The van der Waals surface area contributed by atoms with E-state index in [2.05, 4.69) is 0 Å². The number of thiocarbonyl (C=S) groups is 1. The normalized spacial score (nSPS) is 23.3. The number of hydrogen-bond acceptors (Lipinski definition) is 9. The second kappa shape index (κ2) is 13.2. The van der Waals surface area contributed by atoms with Gasteiger partial charge in [-0.2, -0.15) is 0 Å². The van der Waals surface area contributed by atoms with Crippen LogP contribution in [0.3, 0.4) is 0 Å². The molecule has 1 amide bonds. The van der Waals surface area contributed by atoms with Crippen LogP contribution in [0.15, 0.2) is 33.6 Å². The Morgan fingerprint density at radius 3 is 2.52 bits per heavy atom. The minimum absolute atomic E-state index is 0.0393. The fourth-order valence-corrected chi connectivity index (χ4v) is 7.76. The number of aryl methyl sites for hydroxylation is 1. The molecule has 3 unspecified atom stereocenters. The van der Waals surface area contributed by atoms with Crippen LogP contribution in [0, 0.1) is 17.8 Å². The van der Waals surface area contributed by atoms with Crippen molar-refractivity contribution in [2.24, 2.45) is 23.5 Å². The molecule has 2 heterocycles. The topological polar surface area (TPSA) is 104 Å². The van der Waals surface area contributed by atoms with E-state index in [1.54, 1.807) is 20.3 Å². The number of methoxy groups -OCH3 is 2. The zero-order chi connectivity index (χ0) is 30.0. The molecule has 3 aliphatic rings. The highest BCUT2D eigenvalue weighted by molar-refractivity contribution is 8.26. The zero-order valence-corrected chi connectivity index (χ0v) is 26.4. The number of amides is 1. The molecule has 10 heteroatoms. The number of hydrogen-bond donors (Lipinski definition) is 1. The summed E-state index contributed by atoms with van der Waals surface area (Å²) in [6, 6.07) is 7.09. The van der Waals surface area contributed by atoms with Crippen LogP contribution >= 0.6 is 24.0 Å². The van der Waals surface area contributed by atoms with Crippen molar-refractivity contribution < 1.29 is 28.2 Å². The Kier molecular flexibility index (Phi) is 9.64. The van der Waals surface area contributed by atoms with Gasteiger partial charge in [-0.15, -0.1) is 0 Å². The Morgan fingerprint density at radius 2 is 1.90 bits per heavy atom. The average Bonchev–Trinajstić information content (AvgIpc) is 3.75. The monoisotopic (exact) mass is 612 g/mol. The van der Waals surface area contributed by atoms with Crippen LogP contribution in [0.25, 0.3) is 17.4 Å². The largest absolute Gasteiger partial charge is 0.497 e. The van der Waals surface area contributed by atoms with E-state index in [0.717, 1.165) is 17.5 Å². The molecular formula is C32H40N2O6S2. The number of carbonyl (C=O) groups is 2. The van der Waals surface area contributed by atoms with E-state index in [4.69, 9.17) is 36.6 Å². The molecule has 0 radical (unpaired) electrons. The quantitative estimate of drug-likeness (QED) is 0.130. The van der Waals surface area contributed by atoms with Crippen molar-refractivity contribution in [2.75, 3.05) is 20.8 Å². The van der Waals surface area contributed by atoms with Gasteiger partial charge in [-0.3, -0.25) is 14.5 Å². The third-order valence-electron chi connectivity index (χ3n) is 8.46. The Bertz CT molecular complexity index is 1350. The van der Waals surface area contributed by atoms with Gasteiger partial charge in [-0.05, 0) is 80.0 Å². The highest BCUT2D eigenvalue weighted by Gasteiger charge is 2.48. The molecule has 0 spiro atoms. The molecule has 2 aliphatic carbocycles. The summed E-state index contributed by atoms with van der Waals surface area (Å²) < 4.78 is 23.4. The number of furan rings is 1. The van der Waals surface area contributed by atoms with Gasteiger partial charge in [0.15, 0.2) is 0 Å². The fraction of sp³-hybridized carbons (Fsp3) is 0.531. The Labute approximate surface area is 257 Å². The number of esters is 1. The maximum absolute atomic E-state index is 13.6. The summed E-state index contributed by atoms with van der Waals surface area (Å²) in [7, 11) is 3.20. The minimum atomic E-state index is -0.624. The Morgan fingerprint density at radius 1 is 1.17 bits per heavy atom. The van der Waals surface area contributed by atoms with Crippen molar-refractivity contribution in [3.8, 4) is 22.8 Å². The van der Waals surface area contributed by atoms with Crippen molar-refractivity contribution in [3.63, 3.8) is 0 Å². The molecule has 2 N–H and O–H groups in total. The summed E-state index contributed by atoms with van der Waals surface area (Å²) in [6.45, 7) is 4.28. The van der Waals surface area contributed by atoms with E-state index in [1.165, 1.54) is 31.0 Å². The minimum Gasteiger partial charge on any atom is -0.497 e. The molecule has 226 valence electrons. The lowest BCUT2D eigenvalue weighted by atomic mass is 9.94. The second-order valence-corrected chi connectivity index (χ2v) is 13.6. The van der Waals surface area contributed by atoms with Gasteiger partial charge in [0, 0.05) is 23.7 Å². The standard InChI is InChI=1S/C32H40N2O6S2/c1-18(2)10-25(33)31(36)39-9-5-6-21-15-27(22-13-23(37-3)16-24(14-22)38-4)40-28(21)17-29-30(35)34(32(41)42-29)26-12-19-7-8-20(26)11-19/h13-20,25-26H,5-12,33H2,1-4H3/b29-17-/t19?,20?,25-,26?/m0/s1. The van der Waals surface area contributed by atoms with E-state index < -0.39 is 6.04 Å². The summed E-state index contributed by atoms with van der Waals surface area (Å²) >= 11 is 7.04. The Balaban J connectivity index is 1.37. The number of nitrogens with zero attached hydrogens (tertiary/aromatic N) is 1.